The molecule has 0 bridgehead atoms. The number of benzene rings is 3. The maximum atomic E-state index is 13.1. The molecule has 1 N–H and O–H groups in total. The predicted octanol–water partition coefficient (Wildman–Crippen LogP) is 5.99. The van der Waals surface area contributed by atoms with Crippen LogP contribution in [0, 0.1) is 0 Å². The molecule has 0 radical (unpaired) electrons. The summed E-state index contributed by atoms with van der Waals surface area (Å²) in [6.07, 6.45) is 2.42. The van der Waals surface area contributed by atoms with E-state index in [0.717, 1.165) is 23.1 Å². The van der Waals surface area contributed by atoms with Crippen molar-refractivity contribution >= 4 is 5.91 Å². The third-order valence-electron chi connectivity index (χ3n) is 5.20. The van der Waals surface area contributed by atoms with Gasteiger partial charge in [0.2, 0.25) is 5.88 Å². The third-order valence-corrected chi connectivity index (χ3v) is 5.20. The van der Waals surface area contributed by atoms with Crippen LogP contribution in [0.15, 0.2) is 91.1 Å². The van der Waals surface area contributed by atoms with Gasteiger partial charge in [-0.15, -0.1) is 0 Å². The highest BCUT2D eigenvalue weighted by Gasteiger charge is 2.20. The number of carbonyl (C=O) groups is 1. The number of carbonyl (C=O) groups excluding carboxylic acids is 1. The molecule has 0 aliphatic carbocycles. The second-order valence-corrected chi connectivity index (χ2v) is 7.49. The van der Waals surface area contributed by atoms with E-state index in [1.54, 1.807) is 0 Å². The van der Waals surface area contributed by atoms with E-state index in [4.69, 9.17) is 4.74 Å². The summed E-state index contributed by atoms with van der Waals surface area (Å²) in [5, 5.41) is 3.02. The van der Waals surface area contributed by atoms with Crippen molar-refractivity contribution in [2.45, 2.75) is 26.3 Å². The highest BCUT2D eigenvalue weighted by Crippen LogP contribution is 2.27. The number of aromatic nitrogens is 2. The van der Waals surface area contributed by atoms with Gasteiger partial charge in [0.15, 0.2) is 5.82 Å². The number of hydrogen-bond donors (Lipinski definition) is 1. The van der Waals surface area contributed by atoms with E-state index in [1.807, 2.05) is 91.9 Å². The van der Waals surface area contributed by atoms with E-state index in [-0.39, 0.29) is 23.4 Å². The number of hydrogen-bond acceptors (Lipinski definition) is 4. The van der Waals surface area contributed by atoms with Crippen LogP contribution in [-0.4, -0.2) is 15.9 Å². The molecule has 1 atom stereocenters. The molecule has 1 amide bonds. The maximum Gasteiger partial charge on any atom is 0.258 e. The summed E-state index contributed by atoms with van der Waals surface area (Å²) >= 11 is 0. The van der Waals surface area contributed by atoms with Crippen LogP contribution >= 0.6 is 0 Å². The van der Waals surface area contributed by atoms with Crippen molar-refractivity contribution in [1.29, 1.82) is 0 Å². The van der Waals surface area contributed by atoms with Gasteiger partial charge in [0.25, 0.3) is 5.91 Å². The first-order valence-corrected chi connectivity index (χ1v) is 10.7. The molecule has 0 saturated heterocycles. The summed E-state index contributed by atoms with van der Waals surface area (Å²) in [6, 6.07) is 27.1. The highest BCUT2D eigenvalue weighted by molar-refractivity contribution is 5.96. The summed E-state index contributed by atoms with van der Waals surface area (Å²) in [6.45, 7) is 4.03. The lowest BCUT2D eigenvalue weighted by atomic mass is 10.1. The molecule has 5 heteroatoms. The Hall–Kier alpha value is -3.99. The van der Waals surface area contributed by atoms with Gasteiger partial charge in [-0.25, -0.2) is 4.98 Å². The SMILES string of the molecule is CCc1cccc(Oc2nc(-c3ccccc3)ncc2C(=O)NC(C)c2ccccc2)c1. The van der Waals surface area contributed by atoms with E-state index in [2.05, 4.69) is 22.2 Å². The second kappa shape index (κ2) is 9.88. The lowest BCUT2D eigenvalue weighted by molar-refractivity contribution is 0.0936. The lowest BCUT2D eigenvalue weighted by Gasteiger charge is -2.16. The van der Waals surface area contributed by atoms with Crippen molar-refractivity contribution in [2.24, 2.45) is 0 Å². The van der Waals surface area contributed by atoms with Crippen molar-refractivity contribution in [3.05, 3.63) is 108 Å². The van der Waals surface area contributed by atoms with Crippen molar-refractivity contribution in [3.63, 3.8) is 0 Å². The summed E-state index contributed by atoms with van der Waals surface area (Å²) in [7, 11) is 0. The molecule has 4 rings (SSSR count). The number of nitrogens with one attached hydrogen (secondary N) is 1. The zero-order valence-corrected chi connectivity index (χ0v) is 18.2. The molecule has 0 aliphatic rings. The first-order chi connectivity index (χ1) is 15.6. The van der Waals surface area contributed by atoms with Crippen LogP contribution < -0.4 is 10.1 Å². The summed E-state index contributed by atoms with van der Waals surface area (Å²) < 4.78 is 6.11. The average molecular weight is 424 g/mol. The predicted molar refractivity (Wildman–Crippen MR) is 126 cm³/mol. The molecule has 0 saturated carbocycles. The first-order valence-electron chi connectivity index (χ1n) is 10.7. The summed E-state index contributed by atoms with van der Waals surface area (Å²) in [5.41, 5.74) is 3.29. The molecule has 1 unspecified atom stereocenters. The normalized spacial score (nSPS) is 11.6. The quantitative estimate of drug-likeness (QED) is 0.397. The fraction of sp³-hybridized carbons (Fsp3) is 0.148. The summed E-state index contributed by atoms with van der Waals surface area (Å²) in [5.74, 6) is 1.07. The van der Waals surface area contributed by atoms with Gasteiger partial charge in [0.1, 0.15) is 11.3 Å². The van der Waals surface area contributed by atoms with Crippen molar-refractivity contribution < 1.29 is 9.53 Å². The van der Waals surface area contributed by atoms with Crippen LogP contribution in [0.2, 0.25) is 0 Å². The molecule has 160 valence electrons. The standard InChI is InChI=1S/C27H25N3O2/c1-3-20-11-10-16-23(17-20)32-27-24(18-28-25(30-27)22-14-8-5-9-15-22)26(31)29-19(2)21-12-6-4-7-13-21/h4-19H,3H2,1-2H3,(H,29,31). The van der Waals surface area contributed by atoms with Crippen LogP contribution in [0.1, 0.15) is 41.4 Å². The van der Waals surface area contributed by atoms with Crippen LogP contribution in [0.3, 0.4) is 0 Å². The largest absolute Gasteiger partial charge is 0.438 e. The fourth-order valence-electron chi connectivity index (χ4n) is 3.37. The molecule has 0 aliphatic heterocycles. The van der Waals surface area contributed by atoms with Gasteiger partial charge in [-0.05, 0) is 36.6 Å². The van der Waals surface area contributed by atoms with Crippen LogP contribution in [-0.2, 0) is 6.42 Å². The molecule has 3 aromatic carbocycles. The third kappa shape index (κ3) is 5.01. The van der Waals surface area contributed by atoms with Gasteiger partial charge in [0.05, 0.1) is 6.04 Å². The van der Waals surface area contributed by atoms with E-state index in [1.165, 1.54) is 6.20 Å². The monoisotopic (exact) mass is 423 g/mol. The Kier molecular flexibility index (Phi) is 6.56. The van der Waals surface area contributed by atoms with E-state index in [0.29, 0.717) is 11.6 Å². The molecule has 1 aromatic heterocycles. The summed E-state index contributed by atoms with van der Waals surface area (Å²) in [4.78, 5) is 22.2. The minimum absolute atomic E-state index is 0.172. The molecular formula is C27H25N3O2. The molecule has 4 aromatic rings. The smallest absolute Gasteiger partial charge is 0.258 e. The van der Waals surface area contributed by atoms with E-state index >= 15 is 0 Å². The maximum absolute atomic E-state index is 13.1. The second-order valence-electron chi connectivity index (χ2n) is 7.49. The van der Waals surface area contributed by atoms with Crippen LogP contribution in [0.25, 0.3) is 11.4 Å². The fourth-order valence-corrected chi connectivity index (χ4v) is 3.37. The molecule has 5 nitrogen and oxygen atoms in total. The number of rotatable bonds is 7. The zero-order chi connectivity index (χ0) is 22.3. The Morgan fingerprint density at radius 1 is 0.969 bits per heavy atom. The van der Waals surface area contributed by atoms with E-state index in [9.17, 15) is 4.79 Å². The molecule has 0 fully saturated rings. The van der Waals surface area contributed by atoms with E-state index < -0.39 is 0 Å². The van der Waals surface area contributed by atoms with Gasteiger partial charge in [-0.1, -0.05) is 79.7 Å². The van der Waals surface area contributed by atoms with Gasteiger partial charge in [0, 0.05) is 11.8 Å². The van der Waals surface area contributed by atoms with Crippen molar-refractivity contribution in [3.8, 4) is 23.0 Å². The number of aryl methyl sites for hydroxylation is 1. The zero-order valence-electron chi connectivity index (χ0n) is 18.2. The Morgan fingerprint density at radius 3 is 2.41 bits per heavy atom. The van der Waals surface area contributed by atoms with Gasteiger partial charge >= 0.3 is 0 Å². The molecule has 32 heavy (non-hydrogen) atoms. The first kappa shape index (κ1) is 21.2. The molecular weight excluding hydrogens is 398 g/mol. The lowest BCUT2D eigenvalue weighted by Crippen LogP contribution is -2.27. The van der Waals surface area contributed by atoms with Crippen LogP contribution in [0.5, 0.6) is 11.6 Å². The number of nitrogens with zero attached hydrogens (tertiary/aromatic N) is 2. The topological polar surface area (TPSA) is 64.1 Å². The average Bonchev–Trinajstić information content (AvgIpc) is 2.85. The molecule has 0 spiro atoms. The molecule has 1 heterocycles. The number of ether oxygens (including phenoxy) is 1. The Morgan fingerprint density at radius 2 is 1.69 bits per heavy atom. The van der Waals surface area contributed by atoms with Crippen molar-refractivity contribution in [2.75, 3.05) is 0 Å². The van der Waals surface area contributed by atoms with Crippen molar-refractivity contribution in [1.82, 2.24) is 15.3 Å². The van der Waals surface area contributed by atoms with Crippen LogP contribution in [0.4, 0.5) is 0 Å². The Balaban J connectivity index is 1.67. The Bertz CT molecular complexity index is 1190. The minimum atomic E-state index is -0.289. The minimum Gasteiger partial charge on any atom is -0.438 e. The highest BCUT2D eigenvalue weighted by atomic mass is 16.5. The van der Waals surface area contributed by atoms with Gasteiger partial charge < -0.3 is 10.1 Å². The van der Waals surface area contributed by atoms with Gasteiger partial charge in [-0.3, -0.25) is 4.79 Å². The Labute approximate surface area is 188 Å². The number of amides is 1. The van der Waals surface area contributed by atoms with Gasteiger partial charge in [-0.2, -0.15) is 4.98 Å².